The Morgan fingerprint density at radius 2 is 1.89 bits per heavy atom. The molecule has 2 amide bonds. The van der Waals surface area contributed by atoms with E-state index in [1.807, 2.05) is 11.2 Å². The third-order valence-corrected chi connectivity index (χ3v) is 6.35. The summed E-state index contributed by atoms with van der Waals surface area (Å²) in [5, 5.41) is 9.15. The van der Waals surface area contributed by atoms with Crippen molar-refractivity contribution >= 4 is 29.5 Å². The number of halogens is 1. The van der Waals surface area contributed by atoms with E-state index in [-0.39, 0.29) is 41.8 Å². The molecule has 0 aromatic heterocycles. The molecule has 0 aliphatic carbocycles. The minimum Gasteiger partial charge on any atom is -0.481 e. The van der Waals surface area contributed by atoms with E-state index in [0.717, 1.165) is 0 Å². The number of nitrogens with zero attached hydrogens (tertiary/aromatic N) is 2. The number of carbonyl (C=O) groups excluding carboxylic acids is 2. The number of carboxylic acid groups (broad SMARTS) is 1. The molecule has 28 heavy (non-hydrogen) atoms. The minimum absolute atomic E-state index is 0.0208. The van der Waals surface area contributed by atoms with Gasteiger partial charge >= 0.3 is 5.97 Å². The Morgan fingerprint density at radius 3 is 2.50 bits per heavy atom. The monoisotopic (exact) mass is 408 g/mol. The molecule has 0 saturated carbocycles. The number of rotatable bonds is 7. The van der Waals surface area contributed by atoms with Gasteiger partial charge in [-0.2, -0.15) is 11.8 Å². The molecule has 1 N–H and O–H groups in total. The fourth-order valence-corrected chi connectivity index (χ4v) is 4.85. The third-order valence-electron chi connectivity index (χ3n) is 5.81. The van der Waals surface area contributed by atoms with Crippen LogP contribution in [0.3, 0.4) is 0 Å². The van der Waals surface area contributed by atoms with Crippen molar-refractivity contribution in [2.75, 3.05) is 38.2 Å². The number of hydrogen-bond donors (Lipinski definition) is 1. The largest absolute Gasteiger partial charge is 0.481 e. The van der Waals surface area contributed by atoms with E-state index in [0.29, 0.717) is 43.9 Å². The second-order valence-corrected chi connectivity index (χ2v) is 8.61. The Labute approximate surface area is 168 Å². The van der Waals surface area contributed by atoms with Gasteiger partial charge in [-0.25, -0.2) is 4.39 Å². The highest BCUT2D eigenvalue weighted by atomic mass is 32.2. The van der Waals surface area contributed by atoms with Crippen molar-refractivity contribution in [2.24, 2.45) is 11.3 Å². The molecule has 2 heterocycles. The molecule has 6 nitrogen and oxygen atoms in total. The smallest absolute Gasteiger partial charge is 0.303 e. The van der Waals surface area contributed by atoms with Crippen LogP contribution < -0.4 is 0 Å². The van der Waals surface area contributed by atoms with Gasteiger partial charge in [-0.3, -0.25) is 14.4 Å². The highest BCUT2D eigenvalue weighted by molar-refractivity contribution is 7.99. The van der Waals surface area contributed by atoms with Crippen molar-refractivity contribution in [2.45, 2.75) is 19.3 Å². The van der Waals surface area contributed by atoms with E-state index in [1.54, 1.807) is 17.0 Å². The van der Waals surface area contributed by atoms with Crippen molar-refractivity contribution < 1.29 is 23.9 Å². The first kappa shape index (κ1) is 20.6. The summed E-state index contributed by atoms with van der Waals surface area (Å²) in [5.74, 6) is -0.778. The highest BCUT2D eigenvalue weighted by Gasteiger charge is 2.53. The van der Waals surface area contributed by atoms with Crippen LogP contribution in [0.4, 0.5) is 4.39 Å². The lowest BCUT2D eigenvalue weighted by Crippen LogP contribution is -2.40. The van der Waals surface area contributed by atoms with Crippen LogP contribution in [-0.4, -0.2) is 70.9 Å². The summed E-state index contributed by atoms with van der Waals surface area (Å²) < 4.78 is 13.4. The lowest BCUT2D eigenvalue weighted by molar-refractivity contribution is -0.137. The second-order valence-electron chi connectivity index (χ2n) is 7.74. The number of fused-ring (bicyclic) bond motifs is 1. The van der Waals surface area contributed by atoms with Crippen molar-refractivity contribution in [3.05, 3.63) is 35.6 Å². The van der Waals surface area contributed by atoms with Crippen LogP contribution >= 0.6 is 11.8 Å². The Kier molecular flexibility index (Phi) is 6.27. The molecule has 8 heteroatoms. The van der Waals surface area contributed by atoms with Gasteiger partial charge in [-0.15, -0.1) is 0 Å². The van der Waals surface area contributed by atoms with Crippen LogP contribution in [0.2, 0.25) is 0 Å². The third kappa shape index (κ3) is 4.48. The van der Waals surface area contributed by atoms with Crippen LogP contribution in [0.1, 0.15) is 18.4 Å². The maximum Gasteiger partial charge on any atom is 0.303 e. The van der Waals surface area contributed by atoms with Crippen molar-refractivity contribution in [1.82, 2.24) is 9.80 Å². The molecular weight excluding hydrogens is 383 g/mol. The Balaban J connectivity index is 1.70. The Hall–Kier alpha value is -2.09. The predicted molar refractivity (Wildman–Crippen MR) is 104 cm³/mol. The zero-order valence-corrected chi connectivity index (χ0v) is 16.7. The minimum atomic E-state index is -0.869. The first-order valence-corrected chi connectivity index (χ1v) is 10.7. The number of thioether (sulfide) groups is 1. The van der Waals surface area contributed by atoms with Gasteiger partial charge in [0.15, 0.2) is 0 Å². The van der Waals surface area contributed by atoms with Gasteiger partial charge in [0.1, 0.15) is 5.82 Å². The number of carbonyl (C=O) groups is 3. The van der Waals surface area contributed by atoms with Crippen LogP contribution in [0.15, 0.2) is 24.3 Å². The summed E-state index contributed by atoms with van der Waals surface area (Å²) in [6.07, 6.45) is 2.46. The molecule has 2 atom stereocenters. The summed E-state index contributed by atoms with van der Waals surface area (Å²) in [4.78, 5) is 39.8. The lowest BCUT2D eigenvalue weighted by atomic mass is 9.77. The molecule has 2 saturated heterocycles. The number of hydrogen-bond acceptors (Lipinski definition) is 4. The molecule has 0 radical (unpaired) electrons. The van der Waals surface area contributed by atoms with E-state index < -0.39 is 5.97 Å². The number of amides is 2. The van der Waals surface area contributed by atoms with E-state index in [4.69, 9.17) is 5.11 Å². The van der Waals surface area contributed by atoms with Crippen LogP contribution in [0.25, 0.3) is 0 Å². The summed E-state index contributed by atoms with van der Waals surface area (Å²) in [6, 6.07) is 6.01. The standard InChI is InChI=1S/C20H25FN2O4S/c1-28-11-18(25)23-10-15-9-22(12-20(15,13-23)6-5-19(26)27)17(24)8-14-3-2-4-16(21)7-14/h2-4,7,15H,5-6,8-13H2,1H3,(H,26,27). The highest BCUT2D eigenvalue weighted by Crippen LogP contribution is 2.46. The molecule has 152 valence electrons. The Bertz CT molecular complexity index is 774. The van der Waals surface area contributed by atoms with Crippen molar-refractivity contribution in [1.29, 1.82) is 0 Å². The van der Waals surface area contributed by atoms with E-state index >= 15 is 0 Å². The Morgan fingerprint density at radius 1 is 1.21 bits per heavy atom. The topological polar surface area (TPSA) is 77.9 Å². The van der Waals surface area contributed by atoms with Crippen LogP contribution in [-0.2, 0) is 20.8 Å². The second kappa shape index (κ2) is 8.51. The molecule has 1 aromatic rings. The van der Waals surface area contributed by atoms with Crippen LogP contribution in [0.5, 0.6) is 0 Å². The van der Waals surface area contributed by atoms with Gasteiger partial charge in [-0.1, -0.05) is 12.1 Å². The van der Waals surface area contributed by atoms with Crippen molar-refractivity contribution in [3.8, 4) is 0 Å². The average molecular weight is 408 g/mol. The molecule has 2 fully saturated rings. The predicted octanol–water partition coefficient (Wildman–Crippen LogP) is 1.88. The first-order valence-electron chi connectivity index (χ1n) is 9.34. The molecule has 1 aromatic carbocycles. The van der Waals surface area contributed by atoms with Gasteiger partial charge in [-0.05, 0) is 30.4 Å². The number of benzene rings is 1. The summed E-state index contributed by atoms with van der Waals surface area (Å²) in [7, 11) is 0. The lowest BCUT2D eigenvalue weighted by Gasteiger charge is -2.29. The molecule has 0 bridgehead atoms. The van der Waals surface area contributed by atoms with Gasteiger partial charge < -0.3 is 14.9 Å². The number of aliphatic carboxylic acids is 1. The number of likely N-dealkylation sites (tertiary alicyclic amines) is 2. The summed E-state index contributed by atoms with van der Waals surface area (Å²) >= 11 is 1.47. The van der Waals surface area contributed by atoms with Gasteiger partial charge in [0.25, 0.3) is 0 Å². The molecule has 2 aliphatic rings. The fourth-order valence-electron chi connectivity index (χ4n) is 4.42. The molecule has 3 rings (SSSR count). The zero-order valence-electron chi connectivity index (χ0n) is 15.9. The first-order chi connectivity index (χ1) is 13.3. The maximum atomic E-state index is 13.4. The summed E-state index contributed by atoms with van der Waals surface area (Å²) in [6.45, 7) is 2.01. The van der Waals surface area contributed by atoms with Gasteiger partial charge in [0.05, 0.1) is 12.2 Å². The normalized spacial score (nSPS) is 23.7. The van der Waals surface area contributed by atoms with Gasteiger partial charge in [0, 0.05) is 43.9 Å². The van der Waals surface area contributed by atoms with E-state index in [1.165, 1.54) is 23.9 Å². The molecular formula is C20H25FN2O4S. The van der Waals surface area contributed by atoms with Gasteiger partial charge in [0.2, 0.25) is 11.8 Å². The molecule has 2 aliphatic heterocycles. The quantitative estimate of drug-likeness (QED) is 0.745. The molecule has 0 spiro atoms. The maximum absolute atomic E-state index is 13.4. The zero-order chi connectivity index (χ0) is 20.3. The van der Waals surface area contributed by atoms with Crippen LogP contribution in [0, 0.1) is 17.2 Å². The van der Waals surface area contributed by atoms with E-state index in [9.17, 15) is 18.8 Å². The fraction of sp³-hybridized carbons (Fsp3) is 0.550. The summed E-state index contributed by atoms with van der Waals surface area (Å²) in [5.41, 5.74) is 0.253. The van der Waals surface area contributed by atoms with E-state index in [2.05, 4.69) is 0 Å². The molecule has 2 unspecified atom stereocenters. The SMILES string of the molecule is CSCC(=O)N1CC2CN(C(=O)Cc3cccc(F)c3)CC2(CCC(=O)O)C1. The average Bonchev–Trinajstić information content (AvgIpc) is 3.15. The van der Waals surface area contributed by atoms with Crippen molar-refractivity contribution in [3.63, 3.8) is 0 Å². The number of carboxylic acids is 1.